The van der Waals surface area contributed by atoms with Gasteiger partial charge in [-0.2, -0.15) is 0 Å². The Bertz CT molecular complexity index is 1370. The van der Waals surface area contributed by atoms with Crippen LogP contribution in [0.1, 0.15) is 5.82 Å². The van der Waals surface area contributed by atoms with Crippen molar-refractivity contribution in [2.24, 2.45) is 0 Å². The zero-order valence-corrected chi connectivity index (χ0v) is 17.2. The minimum Gasteiger partial charge on any atom is -0.333 e. The molecule has 0 radical (unpaired) electrons. The van der Waals surface area contributed by atoms with E-state index in [9.17, 15) is 9.18 Å². The molecule has 0 saturated carbocycles. The summed E-state index contributed by atoms with van der Waals surface area (Å²) in [5, 5.41) is 3.30. The van der Waals surface area contributed by atoms with Crippen molar-refractivity contribution in [1.82, 2.24) is 19.9 Å². The molecule has 0 aliphatic carbocycles. The molecule has 0 fully saturated rings. The first-order chi connectivity index (χ1) is 14.7. The van der Waals surface area contributed by atoms with Crippen LogP contribution < -0.4 is 5.56 Å². The highest BCUT2D eigenvalue weighted by molar-refractivity contribution is 7.98. The summed E-state index contributed by atoms with van der Waals surface area (Å²) in [6.07, 6.45) is 1.71. The molecule has 0 aliphatic heterocycles. The summed E-state index contributed by atoms with van der Waals surface area (Å²) in [7, 11) is 0. The maximum Gasteiger partial charge on any atom is 0.260 e. The Morgan fingerprint density at radius 2 is 1.80 bits per heavy atom. The van der Waals surface area contributed by atoms with Crippen molar-refractivity contribution in [3.63, 3.8) is 0 Å². The van der Waals surface area contributed by atoms with E-state index >= 15 is 0 Å². The fourth-order valence-electron chi connectivity index (χ4n) is 3.18. The summed E-state index contributed by atoms with van der Waals surface area (Å²) in [6.45, 7) is 0. The van der Waals surface area contributed by atoms with E-state index in [1.54, 1.807) is 18.3 Å². The van der Waals surface area contributed by atoms with Crippen molar-refractivity contribution in [2.45, 2.75) is 10.9 Å². The van der Waals surface area contributed by atoms with Crippen molar-refractivity contribution >= 4 is 33.3 Å². The molecular weight excluding hydrogens is 419 g/mol. The van der Waals surface area contributed by atoms with Crippen molar-refractivity contribution in [1.29, 1.82) is 0 Å². The highest BCUT2D eigenvalue weighted by Crippen LogP contribution is 2.31. The van der Waals surface area contributed by atoms with Gasteiger partial charge in [-0.25, -0.2) is 14.4 Å². The lowest BCUT2D eigenvalue weighted by atomic mass is 10.1. The quantitative estimate of drug-likeness (QED) is 0.360. The van der Waals surface area contributed by atoms with Gasteiger partial charge in [0.05, 0.1) is 23.0 Å². The summed E-state index contributed by atoms with van der Waals surface area (Å²) < 4.78 is 13.1. The smallest absolute Gasteiger partial charge is 0.260 e. The van der Waals surface area contributed by atoms with Gasteiger partial charge in [0.15, 0.2) is 5.16 Å². The van der Waals surface area contributed by atoms with Crippen LogP contribution >= 0.6 is 23.1 Å². The Balaban J connectivity index is 1.37. The van der Waals surface area contributed by atoms with E-state index in [0.29, 0.717) is 22.1 Å². The molecule has 148 valence electrons. The lowest BCUT2D eigenvalue weighted by Crippen LogP contribution is -2.10. The summed E-state index contributed by atoms with van der Waals surface area (Å²) in [4.78, 5) is 28.5. The summed E-state index contributed by atoms with van der Waals surface area (Å²) in [5.41, 5.74) is 3.43. The normalized spacial score (nSPS) is 11.2. The largest absolute Gasteiger partial charge is 0.333 e. The van der Waals surface area contributed by atoms with Crippen molar-refractivity contribution < 1.29 is 4.39 Å². The van der Waals surface area contributed by atoms with Crippen LogP contribution in [0.4, 0.5) is 4.39 Å². The van der Waals surface area contributed by atoms with Crippen LogP contribution in [0, 0.1) is 5.82 Å². The Hall–Kier alpha value is -3.23. The highest BCUT2D eigenvalue weighted by atomic mass is 32.2. The van der Waals surface area contributed by atoms with E-state index in [4.69, 9.17) is 0 Å². The van der Waals surface area contributed by atoms with Crippen LogP contribution in [-0.4, -0.2) is 19.9 Å². The van der Waals surface area contributed by atoms with Gasteiger partial charge < -0.3 is 9.97 Å². The number of halogens is 1. The fourth-order valence-corrected chi connectivity index (χ4v) is 4.87. The molecule has 0 saturated heterocycles. The van der Waals surface area contributed by atoms with Gasteiger partial charge in [-0.1, -0.05) is 42.1 Å². The van der Waals surface area contributed by atoms with Crippen LogP contribution in [0.2, 0.25) is 0 Å². The number of nitrogens with one attached hydrogen (secondary N) is 2. The Morgan fingerprint density at radius 1 is 1.00 bits per heavy atom. The van der Waals surface area contributed by atoms with Crippen LogP contribution in [0.25, 0.3) is 32.6 Å². The average Bonchev–Trinajstić information content (AvgIpc) is 3.41. The first-order valence-corrected chi connectivity index (χ1v) is 11.0. The van der Waals surface area contributed by atoms with Gasteiger partial charge in [-0.05, 0) is 35.4 Å². The summed E-state index contributed by atoms with van der Waals surface area (Å²) in [5.74, 6) is 0.793. The Kier molecular flexibility index (Phi) is 4.94. The highest BCUT2D eigenvalue weighted by Gasteiger charge is 2.13. The van der Waals surface area contributed by atoms with Gasteiger partial charge in [0.2, 0.25) is 0 Å². The average molecular weight is 435 g/mol. The molecule has 5 aromatic rings. The van der Waals surface area contributed by atoms with Crippen LogP contribution in [-0.2, 0) is 5.75 Å². The predicted octanol–water partition coefficient (Wildman–Crippen LogP) is 5.47. The molecule has 2 N–H and O–H groups in total. The number of nitrogens with zero attached hydrogens (tertiary/aromatic N) is 2. The molecule has 0 atom stereocenters. The molecule has 30 heavy (non-hydrogen) atoms. The van der Waals surface area contributed by atoms with Gasteiger partial charge in [-0.3, -0.25) is 4.79 Å². The second kappa shape index (κ2) is 7.89. The number of aromatic nitrogens is 4. The Morgan fingerprint density at radius 3 is 2.60 bits per heavy atom. The van der Waals surface area contributed by atoms with Gasteiger partial charge in [0.25, 0.3) is 5.56 Å². The third-order valence-corrected chi connectivity index (χ3v) is 6.40. The Labute approximate surface area is 179 Å². The summed E-state index contributed by atoms with van der Waals surface area (Å²) >= 11 is 2.91. The van der Waals surface area contributed by atoms with Gasteiger partial charge in [0, 0.05) is 10.9 Å². The molecule has 0 spiro atoms. The molecule has 0 unspecified atom stereocenters. The van der Waals surface area contributed by atoms with Gasteiger partial charge in [0.1, 0.15) is 16.5 Å². The zero-order chi connectivity index (χ0) is 20.5. The fraction of sp³-hybridized carbons (Fsp3) is 0.0455. The molecule has 8 heteroatoms. The number of thiophene rings is 1. The SMILES string of the molecule is O=c1[nH]c(CSc2ncc(-c3ccc(F)cc3)[nH]2)nc2scc(-c3ccccc3)c12. The minimum atomic E-state index is -0.276. The molecule has 5 nitrogen and oxygen atoms in total. The van der Waals surface area contributed by atoms with Gasteiger partial charge >= 0.3 is 0 Å². The van der Waals surface area contributed by atoms with Crippen molar-refractivity contribution in [3.05, 3.63) is 88.2 Å². The van der Waals surface area contributed by atoms with Gasteiger partial charge in [-0.15, -0.1) is 11.3 Å². The number of aromatic amines is 2. The standard InChI is InChI=1S/C22H15FN4OS2/c23-15-8-6-14(7-9-15)17-10-24-22(25-17)30-12-18-26-20(28)19-16(11-29-21(19)27-18)13-4-2-1-3-5-13/h1-11H,12H2,(H,24,25)(H,26,27,28). The monoisotopic (exact) mass is 434 g/mol. The first kappa shape index (κ1) is 18.8. The number of hydrogen-bond donors (Lipinski definition) is 2. The molecule has 5 rings (SSSR count). The zero-order valence-electron chi connectivity index (χ0n) is 15.6. The lowest BCUT2D eigenvalue weighted by molar-refractivity contribution is 0.628. The lowest BCUT2D eigenvalue weighted by Gasteiger charge is -2.02. The van der Waals surface area contributed by atoms with E-state index in [1.165, 1.54) is 35.2 Å². The van der Waals surface area contributed by atoms with E-state index in [-0.39, 0.29) is 11.4 Å². The summed E-state index contributed by atoms with van der Waals surface area (Å²) in [6, 6.07) is 16.1. The number of imidazole rings is 1. The third-order valence-electron chi connectivity index (χ3n) is 4.63. The second-order valence-electron chi connectivity index (χ2n) is 6.61. The molecule has 3 heterocycles. The maximum atomic E-state index is 13.1. The molecule has 3 aromatic heterocycles. The number of fused-ring (bicyclic) bond motifs is 1. The minimum absolute atomic E-state index is 0.137. The topological polar surface area (TPSA) is 74.4 Å². The molecule has 0 amide bonds. The van der Waals surface area contributed by atoms with E-state index in [2.05, 4.69) is 19.9 Å². The second-order valence-corrected chi connectivity index (χ2v) is 8.43. The molecule has 2 aromatic carbocycles. The first-order valence-electron chi connectivity index (χ1n) is 9.17. The maximum absolute atomic E-state index is 13.1. The number of H-pyrrole nitrogens is 2. The van der Waals surface area contributed by atoms with E-state index in [0.717, 1.165) is 27.2 Å². The number of thioether (sulfide) groups is 1. The van der Waals surface area contributed by atoms with Crippen LogP contribution in [0.5, 0.6) is 0 Å². The van der Waals surface area contributed by atoms with E-state index < -0.39 is 0 Å². The van der Waals surface area contributed by atoms with Crippen LogP contribution in [0.15, 0.2) is 76.1 Å². The molecule has 0 bridgehead atoms. The third kappa shape index (κ3) is 3.67. The molecular formula is C22H15FN4OS2. The number of rotatable bonds is 5. The number of hydrogen-bond acceptors (Lipinski definition) is 5. The number of benzene rings is 2. The predicted molar refractivity (Wildman–Crippen MR) is 119 cm³/mol. The van der Waals surface area contributed by atoms with E-state index in [1.807, 2.05) is 35.7 Å². The van der Waals surface area contributed by atoms with Crippen LogP contribution in [0.3, 0.4) is 0 Å². The molecule has 0 aliphatic rings. The van der Waals surface area contributed by atoms with Crippen molar-refractivity contribution in [3.8, 4) is 22.4 Å². The van der Waals surface area contributed by atoms with Crippen molar-refractivity contribution in [2.75, 3.05) is 0 Å².